The van der Waals surface area contributed by atoms with E-state index in [1.165, 1.54) is 0 Å². The summed E-state index contributed by atoms with van der Waals surface area (Å²) >= 11 is 6.06. The molecule has 2 aromatic heterocycles. The Labute approximate surface area is 196 Å². The molecule has 7 heteroatoms. The maximum absolute atomic E-state index is 12.8. The number of imidazole rings is 1. The second-order valence-electron chi connectivity index (χ2n) is 7.77. The second kappa shape index (κ2) is 9.30. The third kappa shape index (κ3) is 4.81. The zero-order chi connectivity index (χ0) is 22.6. The lowest BCUT2D eigenvalue weighted by molar-refractivity contribution is -0.120. The van der Waals surface area contributed by atoms with Gasteiger partial charge in [-0.05, 0) is 36.4 Å². The van der Waals surface area contributed by atoms with Crippen LogP contribution in [0.3, 0.4) is 0 Å². The lowest BCUT2D eigenvalue weighted by atomic mass is 10.1. The third-order valence-electron chi connectivity index (χ3n) is 5.40. The van der Waals surface area contributed by atoms with Gasteiger partial charge >= 0.3 is 0 Å². The summed E-state index contributed by atoms with van der Waals surface area (Å²) in [5.74, 6) is 0.796. The van der Waals surface area contributed by atoms with Crippen LogP contribution in [0.4, 0.5) is 0 Å². The van der Waals surface area contributed by atoms with Crippen molar-refractivity contribution in [3.05, 3.63) is 101 Å². The number of benzene rings is 3. The quantitative estimate of drug-likeness (QED) is 0.364. The van der Waals surface area contributed by atoms with Crippen molar-refractivity contribution in [1.29, 1.82) is 0 Å². The number of rotatable bonds is 7. The fourth-order valence-corrected chi connectivity index (χ4v) is 3.91. The molecule has 0 aliphatic rings. The van der Waals surface area contributed by atoms with E-state index >= 15 is 0 Å². The number of carbonyl (C=O) groups is 1. The number of aromatic nitrogens is 4. The number of carbonyl (C=O) groups excluding carboxylic acids is 1. The second-order valence-corrected chi connectivity index (χ2v) is 8.20. The predicted molar refractivity (Wildman–Crippen MR) is 131 cm³/mol. The highest BCUT2D eigenvalue weighted by Gasteiger charge is 2.15. The van der Waals surface area contributed by atoms with E-state index < -0.39 is 0 Å². The molecule has 0 saturated heterocycles. The van der Waals surface area contributed by atoms with E-state index in [0.717, 1.165) is 39.4 Å². The summed E-state index contributed by atoms with van der Waals surface area (Å²) in [6, 6.07) is 25.2. The zero-order valence-corrected chi connectivity index (χ0v) is 18.6. The van der Waals surface area contributed by atoms with E-state index in [-0.39, 0.29) is 12.3 Å². The van der Waals surface area contributed by atoms with Crippen LogP contribution in [0.25, 0.3) is 28.0 Å². The summed E-state index contributed by atoms with van der Waals surface area (Å²) < 4.78 is 1.81. The highest BCUT2D eigenvalue weighted by molar-refractivity contribution is 6.30. The van der Waals surface area contributed by atoms with E-state index in [9.17, 15) is 4.79 Å². The number of amides is 1. The first-order chi connectivity index (χ1) is 16.2. The Morgan fingerprint density at radius 2 is 1.73 bits per heavy atom. The number of nitrogens with one attached hydrogen (secondary N) is 2. The summed E-state index contributed by atoms with van der Waals surface area (Å²) in [5.41, 5.74) is 5.40. The monoisotopic (exact) mass is 455 g/mol. The van der Waals surface area contributed by atoms with Gasteiger partial charge in [0.25, 0.3) is 0 Å². The molecule has 2 heterocycles. The van der Waals surface area contributed by atoms with Gasteiger partial charge in [0.15, 0.2) is 0 Å². The summed E-state index contributed by atoms with van der Waals surface area (Å²) in [6.07, 6.45) is 2.77. The van der Waals surface area contributed by atoms with Gasteiger partial charge in [0, 0.05) is 35.3 Å². The third-order valence-corrected chi connectivity index (χ3v) is 5.65. The number of hydrogen-bond acceptors (Lipinski definition) is 3. The number of para-hydroxylation sites is 3. The molecule has 2 N–H and O–H groups in total. The van der Waals surface area contributed by atoms with Crippen LogP contribution in [0.15, 0.2) is 85.1 Å². The van der Waals surface area contributed by atoms with E-state index in [4.69, 9.17) is 16.7 Å². The number of nitrogens with zero attached hydrogens (tertiary/aromatic N) is 3. The van der Waals surface area contributed by atoms with Crippen molar-refractivity contribution in [2.45, 2.75) is 12.8 Å². The van der Waals surface area contributed by atoms with E-state index in [2.05, 4.69) is 15.3 Å². The Morgan fingerprint density at radius 1 is 0.970 bits per heavy atom. The van der Waals surface area contributed by atoms with Crippen LogP contribution in [0.5, 0.6) is 0 Å². The number of H-pyrrole nitrogens is 1. The normalized spacial score (nSPS) is 11.1. The average Bonchev–Trinajstić information content (AvgIpc) is 3.44. The molecule has 6 nitrogen and oxygen atoms in total. The fourth-order valence-electron chi connectivity index (χ4n) is 3.78. The van der Waals surface area contributed by atoms with E-state index in [1.54, 1.807) is 4.68 Å². The minimum atomic E-state index is -0.0612. The molecule has 0 radical (unpaired) electrons. The van der Waals surface area contributed by atoms with Crippen LogP contribution < -0.4 is 5.32 Å². The molecule has 0 saturated carbocycles. The molecule has 0 aliphatic carbocycles. The van der Waals surface area contributed by atoms with Gasteiger partial charge in [-0.1, -0.05) is 54.1 Å². The smallest absolute Gasteiger partial charge is 0.224 e. The largest absolute Gasteiger partial charge is 0.355 e. The molecule has 164 valence electrons. The Hall–Kier alpha value is -3.90. The van der Waals surface area contributed by atoms with Gasteiger partial charge in [0.2, 0.25) is 5.91 Å². The topological polar surface area (TPSA) is 75.6 Å². The zero-order valence-electron chi connectivity index (χ0n) is 17.8. The predicted octanol–water partition coefficient (Wildman–Crippen LogP) is 4.97. The molecule has 0 atom stereocenters. The van der Waals surface area contributed by atoms with Crippen LogP contribution >= 0.6 is 11.6 Å². The number of aromatic amines is 1. The molecular formula is C26H22ClN5O. The summed E-state index contributed by atoms with van der Waals surface area (Å²) in [5, 5.41) is 8.43. The lowest BCUT2D eigenvalue weighted by Gasteiger charge is -2.05. The fraction of sp³-hybridized carbons (Fsp3) is 0.115. The number of hydrogen-bond donors (Lipinski definition) is 2. The van der Waals surface area contributed by atoms with Crippen LogP contribution in [0, 0.1) is 0 Å². The van der Waals surface area contributed by atoms with Gasteiger partial charge in [-0.25, -0.2) is 9.67 Å². The van der Waals surface area contributed by atoms with Crippen molar-refractivity contribution in [3.8, 4) is 16.9 Å². The van der Waals surface area contributed by atoms with E-state index in [1.807, 2.05) is 85.1 Å². The molecule has 5 rings (SSSR count). The highest BCUT2D eigenvalue weighted by Crippen LogP contribution is 2.25. The van der Waals surface area contributed by atoms with Crippen LogP contribution in [0.1, 0.15) is 11.4 Å². The van der Waals surface area contributed by atoms with Crippen LogP contribution in [0.2, 0.25) is 5.02 Å². The van der Waals surface area contributed by atoms with Crippen molar-refractivity contribution in [2.24, 2.45) is 0 Å². The van der Waals surface area contributed by atoms with Crippen molar-refractivity contribution >= 4 is 28.5 Å². The maximum Gasteiger partial charge on any atom is 0.224 e. The van der Waals surface area contributed by atoms with Crippen molar-refractivity contribution < 1.29 is 4.79 Å². The Balaban J connectivity index is 1.31. The van der Waals surface area contributed by atoms with Crippen LogP contribution in [-0.2, 0) is 17.6 Å². The standard InChI is InChI=1S/C26H22ClN5O/c27-20-12-10-18(11-13-20)26-19(17-32(31-26)21-6-2-1-3-7-21)16-25(33)28-15-14-24-29-22-8-4-5-9-23(22)30-24/h1-13,17H,14-16H2,(H,28,33)(H,29,30). The van der Waals surface area contributed by atoms with Gasteiger partial charge in [0.1, 0.15) is 5.82 Å². The maximum atomic E-state index is 12.8. The summed E-state index contributed by atoms with van der Waals surface area (Å²) in [7, 11) is 0. The lowest BCUT2D eigenvalue weighted by Crippen LogP contribution is -2.27. The first-order valence-corrected chi connectivity index (χ1v) is 11.1. The Kier molecular flexibility index (Phi) is 5.91. The molecule has 0 fully saturated rings. The van der Waals surface area contributed by atoms with E-state index in [0.29, 0.717) is 18.0 Å². The molecule has 3 aromatic carbocycles. The van der Waals surface area contributed by atoms with Gasteiger partial charge in [-0.3, -0.25) is 4.79 Å². The van der Waals surface area contributed by atoms with Crippen molar-refractivity contribution in [3.63, 3.8) is 0 Å². The highest BCUT2D eigenvalue weighted by atomic mass is 35.5. The van der Waals surface area contributed by atoms with Gasteiger partial charge in [-0.2, -0.15) is 5.10 Å². The first-order valence-electron chi connectivity index (χ1n) is 10.8. The van der Waals surface area contributed by atoms with Crippen LogP contribution in [-0.4, -0.2) is 32.2 Å². The summed E-state index contributed by atoms with van der Waals surface area (Å²) in [4.78, 5) is 20.6. The van der Waals surface area contributed by atoms with Gasteiger partial charge in [0.05, 0.1) is 28.8 Å². The van der Waals surface area contributed by atoms with Crippen molar-refractivity contribution in [2.75, 3.05) is 6.54 Å². The minimum Gasteiger partial charge on any atom is -0.355 e. The van der Waals surface area contributed by atoms with Crippen molar-refractivity contribution in [1.82, 2.24) is 25.1 Å². The number of fused-ring (bicyclic) bond motifs is 1. The summed E-state index contributed by atoms with van der Waals surface area (Å²) in [6.45, 7) is 0.502. The molecule has 33 heavy (non-hydrogen) atoms. The molecule has 0 aliphatic heterocycles. The SMILES string of the molecule is O=C(Cc1cn(-c2ccccc2)nc1-c1ccc(Cl)cc1)NCCc1nc2ccccc2[nH]1. The average molecular weight is 456 g/mol. The molecule has 1 amide bonds. The Morgan fingerprint density at radius 3 is 2.52 bits per heavy atom. The first kappa shape index (κ1) is 21.0. The molecule has 0 bridgehead atoms. The minimum absolute atomic E-state index is 0.0612. The number of halogens is 1. The van der Waals surface area contributed by atoms with Gasteiger partial charge < -0.3 is 10.3 Å². The molecule has 5 aromatic rings. The molecule has 0 spiro atoms. The Bertz CT molecular complexity index is 1360. The van der Waals surface area contributed by atoms with Gasteiger partial charge in [-0.15, -0.1) is 0 Å². The molecule has 0 unspecified atom stereocenters. The molecular weight excluding hydrogens is 434 g/mol.